The highest BCUT2D eigenvalue weighted by Crippen LogP contribution is 2.32. The minimum atomic E-state index is -0.729. The summed E-state index contributed by atoms with van der Waals surface area (Å²) in [4.78, 5) is 18.5. The zero-order valence-electron chi connectivity index (χ0n) is 18.6. The van der Waals surface area contributed by atoms with Crippen LogP contribution in [0.5, 0.6) is 5.75 Å². The number of nitrogens with zero attached hydrogens (tertiary/aromatic N) is 6. The van der Waals surface area contributed by atoms with Crippen molar-refractivity contribution in [2.45, 2.75) is 25.2 Å². The van der Waals surface area contributed by atoms with Gasteiger partial charge in [0.1, 0.15) is 17.7 Å². The van der Waals surface area contributed by atoms with Gasteiger partial charge in [-0.2, -0.15) is 10.2 Å². The Hall–Kier alpha value is -3.93. The van der Waals surface area contributed by atoms with E-state index in [0.717, 1.165) is 12.3 Å². The molecule has 9 nitrogen and oxygen atoms in total. The maximum Gasteiger partial charge on any atom is 0.341 e. The second-order valence-electron chi connectivity index (χ2n) is 8.32. The van der Waals surface area contributed by atoms with Gasteiger partial charge in [0.15, 0.2) is 11.6 Å². The number of aryl methyl sites for hydroxylation is 1. The topological polar surface area (TPSA) is 96.1 Å². The molecule has 0 radical (unpaired) electrons. The minimum Gasteiger partial charge on any atom is -0.483 e. The number of hydrazone groups is 1. The smallest absolute Gasteiger partial charge is 0.341 e. The normalized spacial score (nSPS) is 17.7. The van der Waals surface area contributed by atoms with Gasteiger partial charge in [-0.25, -0.2) is 23.0 Å². The van der Waals surface area contributed by atoms with Crippen molar-refractivity contribution < 1.29 is 27.8 Å². The molecule has 1 atom stereocenters. The van der Waals surface area contributed by atoms with Gasteiger partial charge in [0.05, 0.1) is 49.5 Å². The van der Waals surface area contributed by atoms with Gasteiger partial charge in [-0.1, -0.05) is 0 Å². The Morgan fingerprint density at radius 2 is 1.89 bits per heavy atom. The molecular formula is C23H21F3N6O3. The minimum absolute atomic E-state index is 0.0375. The molecular weight excluding hydrogens is 465 g/mol. The summed E-state index contributed by atoms with van der Waals surface area (Å²) in [6.07, 6.45) is 3.91. The van der Waals surface area contributed by atoms with E-state index in [9.17, 15) is 23.1 Å². The van der Waals surface area contributed by atoms with E-state index >= 15 is 0 Å². The van der Waals surface area contributed by atoms with Crippen LogP contribution in [0.25, 0.3) is 11.4 Å². The Kier molecular flexibility index (Phi) is 5.89. The molecule has 2 aromatic heterocycles. The molecule has 1 aromatic carbocycles. The molecule has 1 fully saturated rings. The highest BCUT2D eigenvalue weighted by Gasteiger charge is 2.39. The van der Waals surface area contributed by atoms with Crippen LogP contribution in [-0.4, -0.2) is 61.2 Å². The van der Waals surface area contributed by atoms with Gasteiger partial charge in [0.2, 0.25) is 0 Å². The van der Waals surface area contributed by atoms with Crippen LogP contribution in [0.15, 0.2) is 41.8 Å². The molecule has 4 heterocycles. The molecule has 1 N–H and O–H groups in total. The van der Waals surface area contributed by atoms with Gasteiger partial charge in [-0.05, 0) is 17.7 Å². The summed E-state index contributed by atoms with van der Waals surface area (Å²) in [6, 6.07) is 3.50. The van der Waals surface area contributed by atoms with Gasteiger partial charge >= 0.3 is 6.03 Å². The first-order valence-electron chi connectivity index (χ1n) is 10.8. The number of likely N-dealkylation sites (tertiary alicyclic amines) is 1. The number of aliphatic hydroxyl groups excluding tert-OH is 1. The molecule has 0 spiro atoms. The van der Waals surface area contributed by atoms with E-state index in [1.165, 1.54) is 45.2 Å². The molecule has 2 aliphatic heterocycles. The van der Waals surface area contributed by atoms with Crippen LogP contribution >= 0.6 is 0 Å². The lowest BCUT2D eigenvalue weighted by Gasteiger charge is -2.41. The molecule has 5 rings (SSSR count). The fraction of sp³-hybridized carbons (Fsp3) is 0.304. The molecule has 182 valence electrons. The lowest BCUT2D eigenvalue weighted by Crippen LogP contribution is -2.58. The van der Waals surface area contributed by atoms with Crippen LogP contribution in [-0.2, 0) is 13.7 Å². The monoisotopic (exact) mass is 486 g/mol. The highest BCUT2D eigenvalue weighted by molar-refractivity contribution is 5.79. The molecule has 12 heteroatoms. The molecule has 3 aromatic rings. The van der Waals surface area contributed by atoms with Gasteiger partial charge in [0.25, 0.3) is 0 Å². The predicted molar refractivity (Wildman–Crippen MR) is 118 cm³/mol. The standard InChI is InChI=1S/C23H21F3N6O3/c1-30-22(14(12-33)8-29-30)19-7-21(18(26)9-27-19)35-17-10-31(11-17)23(34)32-20(2-3-28-32)13-4-15(24)6-16(25)5-13/h3-9,17,20,33H,2,10-12H2,1H3. The largest absolute Gasteiger partial charge is 0.483 e. The van der Waals surface area contributed by atoms with Crippen molar-refractivity contribution in [3.63, 3.8) is 0 Å². The van der Waals surface area contributed by atoms with Crippen LogP contribution in [0.1, 0.15) is 23.6 Å². The number of hydrogen-bond acceptors (Lipinski definition) is 6. The Morgan fingerprint density at radius 1 is 1.14 bits per heavy atom. The van der Waals surface area contributed by atoms with Gasteiger partial charge in [-0.15, -0.1) is 0 Å². The number of halogens is 3. The molecule has 0 aliphatic carbocycles. The lowest BCUT2D eigenvalue weighted by atomic mass is 10.0. The second-order valence-corrected chi connectivity index (χ2v) is 8.32. The van der Waals surface area contributed by atoms with E-state index in [2.05, 4.69) is 15.2 Å². The molecule has 0 bridgehead atoms. The SMILES string of the molecule is Cn1ncc(CO)c1-c1cc(OC2CN(C(=O)N3N=CCC3c3cc(F)cc(F)c3)C2)c(F)cn1. The van der Waals surface area contributed by atoms with Crippen molar-refractivity contribution in [1.82, 2.24) is 24.7 Å². The summed E-state index contributed by atoms with van der Waals surface area (Å²) >= 11 is 0. The predicted octanol–water partition coefficient (Wildman–Crippen LogP) is 3.01. The number of hydrogen-bond donors (Lipinski definition) is 1. The Balaban J connectivity index is 1.25. The number of aromatic nitrogens is 3. The summed E-state index contributed by atoms with van der Waals surface area (Å²) in [6.45, 7) is 0.111. The number of amides is 2. The van der Waals surface area contributed by atoms with E-state index in [0.29, 0.717) is 28.9 Å². The average molecular weight is 486 g/mol. The van der Waals surface area contributed by atoms with Crippen LogP contribution in [0.2, 0.25) is 0 Å². The van der Waals surface area contributed by atoms with Gasteiger partial charge < -0.3 is 14.7 Å². The number of carbonyl (C=O) groups excluding carboxylic acids is 1. The van der Waals surface area contributed by atoms with Crippen molar-refractivity contribution in [3.8, 4) is 17.1 Å². The number of urea groups is 1. The van der Waals surface area contributed by atoms with Gasteiger partial charge in [-0.3, -0.25) is 9.67 Å². The Bertz CT molecular complexity index is 1290. The Morgan fingerprint density at radius 3 is 2.60 bits per heavy atom. The highest BCUT2D eigenvalue weighted by atomic mass is 19.1. The molecule has 1 saturated heterocycles. The quantitative estimate of drug-likeness (QED) is 0.598. The molecule has 0 saturated carbocycles. The van der Waals surface area contributed by atoms with Gasteiger partial charge in [0, 0.05) is 37.4 Å². The number of rotatable bonds is 5. The maximum absolute atomic E-state index is 14.4. The van der Waals surface area contributed by atoms with E-state index in [1.54, 1.807) is 7.05 Å². The van der Waals surface area contributed by atoms with E-state index < -0.39 is 35.6 Å². The zero-order valence-corrected chi connectivity index (χ0v) is 18.6. The van der Waals surface area contributed by atoms with Crippen molar-refractivity contribution in [1.29, 1.82) is 0 Å². The van der Waals surface area contributed by atoms with E-state index in [-0.39, 0.29) is 25.4 Å². The molecule has 1 unspecified atom stereocenters. The first kappa shape index (κ1) is 22.8. The lowest BCUT2D eigenvalue weighted by molar-refractivity contribution is 0.0256. The van der Waals surface area contributed by atoms with Crippen LogP contribution in [0, 0.1) is 17.5 Å². The van der Waals surface area contributed by atoms with Crippen LogP contribution in [0.3, 0.4) is 0 Å². The number of pyridine rings is 1. The third-order valence-corrected chi connectivity index (χ3v) is 5.96. The second kappa shape index (κ2) is 9.02. The van der Waals surface area contributed by atoms with Crippen molar-refractivity contribution in [3.05, 3.63) is 65.2 Å². The summed E-state index contributed by atoms with van der Waals surface area (Å²) in [5.74, 6) is -2.16. The van der Waals surface area contributed by atoms with Crippen LogP contribution < -0.4 is 4.74 Å². The third-order valence-electron chi connectivity index (χ3n) is 5.96. The maximum atomic E-state index is 14.4. The average Bonchev–Trinajstić information content (AvgIpc) is 3.43. The number of ether oxygens (including phenoxy) is 1. The van der Waals surface area contributed by atoms with Crippen molar-refractivity contribution >= 4 is 12.2 Å². The number of benzene rings is 1. The number of carbonyl (C=O) groups is 1. The fourth-order valence-electron chi connectivity index (χ4n) is 4.21. The number of aliphatic hydroxyl groups is 1. The van der Waals surface area contributed by atoms with E-state index in [4.69, 9.17) is 4.74 Å². The summed E-state index contributed by atoms with van der Waals surface area (Å²) < 4.78 is 49.0. The molecule has 2 aliphatic rings. The summed E-state index contributed by atoms with van der Waals surface area (Å²) in [5.41, 5.74) is 1.77. The molecule has 35 heavy (non-hydrogen) atoms. The molecule has 2 amide bonds. The summed E-state index contributed by atoms with van der Waals surface area (Å²) in [7, 11) is 1.68. The zero-order chi connectivity index (χ0) is 24.7. The third kappa shape index (κ3) is 4.32. The first-order chi connectivity index (χ1) is 16.8. The first-order valence-corrected chi connectivity index (χ1v) is 10.8. The van der Waals surface area contributed by atoms with Crippen molar-refractivity contribution in [2.75, 3.05) is 13.1 Å². The van der Waals surface area contributed by atoms with Crippen LogP contribution in [0.4, 0.5) is 18.0 Å². The fourth-order valence-corrected chi connectivity index (χ4v) is 4.21. The van der Waals surface area contributed by atoms with E-state index in [1.807, 2.05) is 0 Å². The Labute approximate surface area is 198 Å². The van der Waals surface area contributed by atoms with Crippen molar-refractivity contribution in [2.24, 2.45) is 12.1 Å². The summed E-state index contributed by atoms with van der Waals surface area (Å²) in [5, 5.41) is 18.9.